The van der Waals surface area contributed by atoms with E-state index in [2.05, 4.69) is 0 Å². The second kappa shape index (κ2) is 5.83. The van der Waals surface area contributed by atoms with E-state index in [1.807, 2.05) is 0 Å². The van der Waals surface area contributed by atoms with E-state index in [4.69, 9.17) is 5.73 Å². The van der Waals surface area contributed by atoms with Gasteiger partial charge in [0.15, 0.2) is 0 Å². The van der Waals surface area contributed by atoms with Crippen LogP contribution >= 0.6 is 11.8 Å². The van der Waals surface area contributed by atoms with Crippen molar-refractivity contribution in [2.24, 2.45) is 5.73 Å². The summed E-state index contributed by atoms with van der Waals surface area (Å²) < 4.78 is 26.5. The van der Waals surface area contributed by atoms with Crippen molar-refractivity contribution in [3.8, 4) is 0 Å². The Morgan fingerprint density at radius 2 is 2.00 bits per heavy atom. The van der Waals surface area contributed by atoms with Crippen LogP contribution in [-0.4, -0.2) is 11.0 Å². The fraction of sp³-hybridized carbons (Fsp3) is 0.538. The second-order valence-corrected chi connectivity index (χ2v) is 5.85. The first-order valence-electron chi connectivity index (χ1n) is 5.99. The Bertz CT molecular complexity index is 378. The maximum atomic E-state index is 13.5. The van der Waals surface area contributed by atoms with Gasteiger partial charge in [-0.2, -0.15) is 11.8 Å². The predicted octanol–water partition coefficient (Wildman–Crippen LogP) is 3.64. The molecule has 1 aliphatic carbocycles. The van der Waals surface area contributed by atoms with Crippen LogP contribution < -0.4 is 5.73 Å². The minimum Gasteiger partial charge on any atom is -0.323 e. The lowest BCUT2D eigenvalue weighted by Crippen LogP contribution is -2.16. The summed E-state index contributed by atoms with van der Waals surface area (Å²) in [6.45, 7) is 0. The third-order valence-corrected chi connectivity index (χ3v) is 4.67. The van der Waals surface area contributed by atoms with Gasteiger partial charge < -0.3 is 5.73 Å². The van der Waals surface area contributed by atoms with Gasteiger partial charge in [0.2, 0.25) is 0 Å². The highest BCUT2D eigenvalue weighted by molar-refractivity contribution is 7.99. The maximum Gasteiger partial charge on any atom is 0.128 e. The number of nitrogens with two attached hydrogens (primary N) is 1. The Labute approximate surface area is 105 Å². The van der Waals surface area contributed by atoms with Crippen LogP contribution in [0.3, 0.4) is 0 Å². The Morgan fingerprint density at radius 3 is 2.71 bits per heavy atom. The molecule has 0 aliphatic heterocycles. The largest absolute Gasteiger partial charge is 0.323 e. The molecule has 0 heterocycles. The quantitative estimate of drug-likeness (QED) is 0.891. The van der Waals surface area contributed by atoms with E-state index >= 15 is 0 Å². The molecule has 1 aliphatic rings. The minimum absolute atomic E-state index is 0.287. The molecule has 4 heteroatoms. The topological polar surface area (TPSA) is 26.0 Å². The van der Waals surface area contributed by atoms with E-state index in [1.54, 1.807) is 11.8 Å². The Kier molecular flexibility index (Phi) is 4.40. The maximum absolute atomic E-state index is 13.5. The monoisotopic (exact) mass is 257 g/mol. The van der Waals surface area contributed by atoms with E-state index in [9.17, 15) is 8.78 Å². The lowest BCUT2D eigenvalue weighted by atomic mass is 10.1. The highest BCUT2D eigenvalue weighted by Crippen LogP contribution is 2.31. The van der Waals surface area contributed by atoms with Gasteiger partial charge >= 0.3 is 0 Å². The van der Waals surface area contributed by atoms with Crippen LogP contribution in [0.25, 0.3) is 0 Å². The molecule has 0 amide bonds. The summed E-state index contributed by atoms with van der Waals surface area (Å²) in [7, 11) is 0. The molecule has 1 nitrogen and oxygen atoms in total. The zero-order chi connectivity index (χ0) is 12.3. The summed E-state index contributed by atoms with van der Waals surface area (Å²) in [6, 6.07) is 3.05. The molecule has 2 rings (SSSR count). The summed E-state index contributed by atoms with van der Waals surface area (Å²) in [5, 5.41) is 0.651. The first-order valence-corrected chi connectivity index (χ1v) is 7.04. The predicted molar refractivity (Wildman–Crippen MR) is 68.0 cm³/mol. The van der Waals surface area contributed by atoms with Crippen molar-refractivity contribution < 1.29 is 8.78 Å². The van der Waals surface area contributed by atoms with Gasteiger partial charge in [-0.3, -0.25) is 0 Å². The molecular weight excluding hydrogens is 240 g/mol. The zero-order valence-corrected chi connectivity index (χ0v) is 10.5. The first-order chi connectivity index (χ1) is 8.16. The van der Waals surface area contributed by atoms with Crippen molar-refractivity contribution in [3.05, 3.63) is 35.4 Å². The second-order valence-electron chi connectivity index (χ2n) is 4.51. The van der Waals surface area contributed by atoms with E-state index in [0.717, 1.165) is 12.1 Å². The number of rotatable bonds is 4. The third kappa shape index (κ3) is 3.42. The van der Waals surface area contributed by atoms with Gasteiger partial charge in [0.05, 0.1) is 0 Å². The van der Waals surface area contributed by atoms with Crippen molar-refractivity contribution in [1.82, 2.24) is 0 Å². The van der Waals surface area contributed by atoms with Crippen LogP contribution in [0.4, 0.5) is 8.78 Å². The number of hydrogen-bond donors (Lipinski definition) is 1. The van der Waals surface area contributed by atoms with E-state index in [-0.39, 0.29) is 5.56 Å². The highest BCUT2D eigenvalue weighted by atomic mass is 32.2. The van der Waals surface area contributed by atoms with Gasteiger partial charge in [0.25, 0.3) is 0 Å². The first kappa shape index (κ1) is 12.8. The van der Waals surface area contributed by atoms with E-state index in [0.29, 0.717) is 11.0 Å². The minimum atomic E-state index is -0.428. The number of benzene rings is 1. The molecule has 0 saturated heterocycles. The van der Waals surface area contributed by atoms with Crippen molar-refractivity contribution in [2.45, 2.75) is 37.0 Å². The lowest BCUT2D eigenvalue weighted by molar-refractivity contribution is 0.573. The standard InChI is InChI=1S/C13H17F2NS/c14-9-5-6-12(15)11(7-9)13(16)8-17-10-3-1-2-4-10/h5-7,10,13H,1-4,8,16H2. The molecule has 1 unspecified atom stereocenters. The molecule has 1 atom stereocenters. The van der Waals surface area contributed by atoms with Crippen LogP contribution in [0, 0.1) is 11.6 Å². The van der Waals surface area contributed by atoms with Crippen LogP contribution in [0.2, 0.25) is 0 Å². The van der Waals surface area contributed by atoms with Gasteiger partial charge in [0.1, 0.15) is 11.6 Å². The summed E-state index contributed by atoms with van der Waals surface area (Å²) in [6.07, 6.45) is 5.01. The molecule has 1 fully saturated rings. The van der Waals surface area contributed by atoms with Crippen LogP contribution in [0.5, 0.6) is 0 Å². The molecule has 0 aromatic heterocycles. The SMILES string of the molecule is NC(CSC1CCCC1)c1cc(F)ccc1F. The molecule has 1 saturated carbocycles. The summed E-state index contributed by atoms with van der Waals surface area (Å²) in [4.78, 5) is 0. The molecule has 1 aromatic rings. The van der Waals surface area contributed by atoms with Crippen molar-refractivity contribution in [2.75, 3.05) is 5.75 Å². The third-order valence-electron chi connectivity index (χ3n) is 3.17. The smallest absolute Gasteiger partial charge is 0.128 e. The summed E-state index contributed by atoms with van der Waals surface area (Å²) >= 11 is 1.79. The van der Waals surface area contributed by atoms with Gasteiger partial charge in [-0.25, -0.2) is 8.78 Å². The van der Waals surface area contributed by atoms with Gasteiger partial charge in [-0.15, -0.1) is 0 Å². The van der Waals surface area contributed by atoms with Crippen LogP contribution in [-0.2, 0) is 0 Å². The molecular formula is C13H17F2NS. The number of hydrogen-bond acceptors (Lipinski definition) is 2. The average molecular weight is 257 g/mol. The molecule has 1 aromatic carbocycles. The van der Waals surface area contributed by atoms with Crippen molar-refractivity contribution >= 4 is 11.8 Å². The van der Waals surface area contributed by atoms with Gasteiger partial charge in [-0.05, 0) is 31.0 Å². The fourth-order valence-corrected chi connectivity index (χ4v) is 3.51. The molecule has 0 spiro atoms. The van der Waals surface area contributed by atoms with Crippen LogP contribution in [0.1, 0.15) is 37.3 Å². The zero-order valence-electron chi connectivity index (χ0n) is 9.66. The number of halogens is 2. The fourth-order valence-electron chi connectivity index (χ4n) is 2.18. The normalized spacial score (nSPS) is 18.5. The van der Waals surface area contributed by atoms with Crippen molar-refractivity contribution in [3.63, 3.8) is 0 Å². The molecule has 0 radical (unpaired) electrons. The Hall–Kier alpha value is -0.610. The summed E-state index contributed by atoms with van der Waals surface area (Å²) in [5.74, 6) is -0.181. The highest BCUT2D eigenvalue weighted by Gasteiger charge is 2.18. The van der Waals surface area contributed by atoms with Crippen LogP contribution in [0.15, 0.2) is 18.2 Å². The van der Waals surface area contributed by atoms with E-state index in [1.165, 1.54) is 31.7 Å². The number of thioether (sulfide) groups is 1. The molecule has 2 N–H and O–H groups in total. The van der Waals surface area contributed by atoms with E-state index < -0.39 is 17.7 Å². The lowest BCUT2D eigenvalue weighted by Gasteiger charge is -2.15. The summed E-state index contributed by atoms with van der Waals surface area (Å²) in [5.41, 5.74) is 6.20. The van der Waals surface area contributed by atoms with Gasteiger partial charge in [-0.1, -0.05) is 12.8 Å². The molecule has 0 bridgehead atoms. The van der Waals surface area contributed by atoms with Crippen molar-refractivity contribution in [1.29, 1.82) is 0 Å². The van der Waals surface area contributed by atoms with Gasteiger partial charge in [0, 0.05) is 22.6 Å². The Balaban J connectivity index is 1.93. The molecule has 94 valence electrons. The Morgan fingerprint density at radius 1 is 1.29 bits per heavy atom. The average Bonchev–Trinajstić information content (AvgIpc) is 2.82. The molecule has 17 heavy (non-hydrogen) atoms.